The van der Waals surface area contributed by atoms with Crippen molar-refractivity contribution in [3.63, 3.8) is 0 Å². The standard InChI is InChI=1S/C16H22FN2O/c1-12(2)11-19-8-6-13(7-9-19)16(20)18-15-5-3-4-14(17)10-15/h3-5,10,13H,6-9,11H2,1-2H3,(H,18,20). The van der Waals surface area contributed by atoms with Crippen molar-refractivity contribution in [2.24, 2.45) is 5.92 Å². The Kier molecular flexibility index (Phi) is 5.12. The Balaban J connectivity index is 1.83. The minimum atomic E-state index is -0.327. The van der Waals surface area contributed by atoms with Gasteiger partial charge in [0.15, 0.2) is 0 Å². The number of nitrogens with one attached hydrogen (secondary N) is 1. The number of halogens is 1. The second-order valence-electron chi connectivity index (χ2n) is 5.76. The van der Waals surface area contributed by atoms with Gasteiger partial charge in [0, 0.05) is 18.2 Å². The summed E-state index contributed by atoms with van der Waals surface area (Å²) in [4.78, 5) is 14.5. The van der Waals surface area contributed by atoms with Crippen LogP contribution in [0.25, 0.3) is 0 Å². The van der Waals surface area contributed by atoms with Crippen LogP contribution in [-0.2, 0) is 4.79 Å². The van der Waals surface area contributed by atoms with Gasteiger partial charge in [-0.2, -0.15) is 0 Å². The molecule has 3 nitrogen and oxygen atoms in total. The zero-order valence-corrected chi connectivity index (χ0v) is 12.2. The Morgan fingerprint density at radius 1 is 1.35 bits per heavy atom. The van der Waals surface area contributed by atoms with Crippen LogP contribution < -0.4 is 5.32 Å². The van der Waals surface area contributed by atoms with Crippen LogP contribution in [-0.4, -0.2) is 30.4 Å². The molecule has 109 valence electrons. The lowest BCUT2D eigenvalue weighted by Gasteiger charge is -2.32. The fourth-order valence-electron chi connectivity index (χ4n) is 2.61. The van der Waals surface area contributed by atoms with E-state index in [1.807, 2.05) is 0 Å². The largest absolute Gasteiger partial charge is 0.326 e. The van der Waals surface area contributed by atoms with E-state index >= 15 is 0 Å². The van der Waals surface area contributed by atoms with Crippen molar-refractivity contribution in [3.05, 3.63) is 36.0 Å². The fraction of sp³-hybridized carbons (Fsp3) is 0.500. The first-order valence-corrected chi connectivity index (χ1v) is 7.12. The smallest absolute Gasteiger partial charge is 0.227 e. The summed E-state index contributed by atoms with van der Waals surface area (Å²) in [6.07, 6.45) is 1.74. The summed E-state index contributed by atoms with van der Waals surface area (Å²) in [5, 5.41) is 2.81. The third-order valence-corrected chi connectivity index (χ3v) is 3.59. The van der Waals surface area contributed by atoms with Crippen LogP contribution >= 0.6 is 0 Å². The quantitative estimate of drug-likeness (QED) is 0.917. The second kappa shape index (κ2) is 6.84. The van der Waals surface area contributed by atoms with E-state index < -0.39 is 0 Å². The van der Waals surface area contributed by atoms with E-state index in [2.05, 4.69) is 24.1 Å². The number of hydrogen-bond acceptors (Lipinski definition) is 2. The molecule has 1 amide bonds. The highest BCUT2D eigenvalue weighted by Gasteiger charge is 2.25. The number of rotatable bonds is 4. The maximum Gasteiger partial charge on any atom is 0.227 e. The lowest BCUT2D eigenvalue weighted by atomic mass is 9.95. The zero-order valence-electron chi connectivity index (χ0n) is 12.2. The van der Waals surface area contributed by atoms with Crippen molar-refractivity contribution in [1.82, 2.24) is 4.90 Å². The molecule has 4 heteroatoms. The number of piperidine rings is 1. The molecule has 20 heavy (non-hydrogen) atoms. The van der Waals surface area contributed by atoms with Gasteiger partial charge in [-0.25, -0.2) is 4.39 Å². The minimum absolute atomic E-state index is 0.00690. The Hall–Kier alpha value is -1.42. The van der Waals surface area contributed by atoms with Gasteiger partial charge in [-0.15, -0.1) is 0 Å². The molecule has 1 radical (unpaired) electrons. The van der Waals surface area contributed by atoms with E-state index in [4.69, 9.17) is 0 Å². The third kappa shape index (κ3) is 4.30. The number of nitrogens with zero attached hydrogens (tertiary/aromatic N) is 1. The van der Waals surface area contributed by atoms with Crippen molar-refractivity contribution in [2.75, 3.05) is 25.0 Å². The SMILES string of the molecule is C[C](C)CN1CCC(C(=O)Nc2cccc(F)c2)CC1. The number of hydrogen-bond donors (Lipinski definition) is 1. The van der Waals surface area contributed by atoms with E-state index in [9.17, 15) is 9.18 Å². The highest BCUT2D eigenvalue weighted by Crippen LogP contribution is 2.20. The number of carbonyl (C=O) groups is 1. The molecule has 1 fully saturated rings. The van der Waals surface area contributed by atoms with E-state index in [0.717, 1.165) is 32.5 Å². The van der Waals surface area contributed by atoms with Gasteiger partial charge in [-0.3, -0.25) is 4.79 Å². The summed E-state index contributed by atoms with van der Waals surface area (Å²) in [6, 6.07) is 6.04. The normalized spacial score (nSPS) is 17.4. The van der Waals surface area contributed by atoms with Crippen molar-refractivity contribution in [2.45, 2.75) is 26.7 Å². The van der Waals surface area contributed by atoms with Crippen LogP contribution in [0.1, 0.15) is 26.7 Å². The topological polar surface area (TPSA) is 32.3 Å². The second-order valence-corrected chi connectivity index (χ2v) is 5.76. The number of anilines is 1. The molecule has 0 unspecified atom stereocenters. The first-order valence-electron chi connectivity index (χ1n) is 7.12. The van der Waals surface area contributed by atoms with Crippen LogP contribution in [0, 0.1) is 17.7 Å². The molecule has 1 heterocycles. The molecule has 0 aliphatic carbocycles. The highest BCUT2D eigenvalue weighted by atomic mass is 19.1. The summed E-state index contributed by atoms with van der Waals surface area (Å²) in [6.45, 7) is 7.17. The molecular weight excluding hydrogens is 255 g/mol. The average Bonchev–Trinajstić information content (AvgIpc) is 2.38. The van der Waals surface area contributed by atoms with Gasteiger partial charge < -0.3 is 10.2 Å². The number of carbonyl (C=O) groups excluding carboxylic acids is 1. The van der Waals surface area contributed by atoms with Crippen LogP contribution in [0.3, 0.4) is 0 Å². The van der Waals surface area contributed by atoms with E-state index in [1.54, 1.807) is 12.1 Å². The lowest BCUT2D eigenvalue weighted by molar-refractivity contribution is -0.121. The highest BCUT2D eigenvalue weighted by molar-refractivity contribution is 5.92. The van der Waals surface area contributed by atoms with Gasteiger partial charge >= 0.3 is 0 Å². The number of amides is 1. The molecule has 2 rings (SSSR count). The summed E-state index contributed by atoms with van der Waals surface area (Å²) in [7, 11) is 0. The van der Waals surface area contributed by atoms with E-state index in [-0.39, 0.29) is 17.6 Å². The molecule has 0 saturated carbocycles. The molecule has 1 aromatic carbocycles. The van der Waals surface area contributed by atoms with Gasteiger partial charge in [0.2, 0.25) is 5.91 Å². The summed E-state index contributed by atoms with van der Waals surface area (Å²) >= 11 is 0. The number of likely N-dealkylation sites (tertiary alicyclic amines) is 1. The predicted octanol–water partition coefficient (Wildman–Crippen LogP) is 3.09. The molecular formula is C16H22FN2O. The molecule has 1 aliphatic rings. The molecule has 1 saturated heterocycles. The van der Waals surface area contributed by atoms with E-state index in [0.29, 0.717) is 5.69 Å². The van der Waals surface area contributed by atoms with Gasteiger partial charge in [-0.1, -0.05) is 19.9 Å². The van der Waals surface area contributed by atoms with Gasteiger partial charge in [0.05, 0.1) is 0 Å². The Morgan fingerprint density at radius 2 is 2.05 bits per heavy atom. The van der Waals surface area contributed by atoms with Crippen LogP contribution in [0.15, 0.2) is 24.3 Å². The van der Waals surface area contributed by atoms with Gasteiger partial charge in [-0.05, 0) is 50.0 Å². The molecule has 0 spiro atoms. The average molecular weight is 277 g/mol. The van der Waals surface area contributed by atoms with Crippen molar-refractivity contribution < 1.29 is 9.18 Å². The third-order valence-electron chi connectivity index (χ3n) is 3.59. The Bertz CT molecular complexity index is 454. The van der Waals surface area contributed by atoms with Crippen molar-refractivity contribution in [3.8, 4) is 0 Å². The van der Waals surface area contributed by atoms with Gasteiger partial charge in [0.1, 0.15) is 5.82 Å². The van der Waals surface area contributed by atoms with Crippen LogP contribution in [0.4, 0.5) is 10.1 Å². The van der Waals surface area contributed by atoms with Crippen molar-refractivity contribution in [1.29, 1.82) is 0 Å². The Morgan fingerprint density at radius 3 is 2.65 bits per heavy atom. The molecule has 0 aromatic heterocycles. The van der Waals surface area contributed by atoms with E-state index in [1.165, 1.54) is 18.1 Å². The summed E-state index contributed by atoms with van der Waals surface area (Å²) in [5.74, 6) is 1.11. The zero-order chi connectivity index (χ0) is 14.5. The monoisotopic (exact) mass is 277 g/mol. The molecule has 1 N–H and O–H groups in total. The summed E-state index contributed by atoms with van der Waals surface area (Å²) < 4.78 is 13.1. The Labute approximate surface area is 120 Å². The fourth-order valence-corrected chi connectivity index (χ4v) is 2.61. The van der Waals surface area contributed by atoms with Crippen molar-refractivity contribution >= 4 is 11.6 Å². The number of benzene rings is 1. The predicted molar refractivity (Wildman–Crippen MR) is 78.8 cm³/mol. The van der Waals surface area contributed by atoms with Crippen LogP contribution in [0.5, 0.6) is 0 Å². The summed E-state index contributed by atoms with van der Waals surface area (Å²) in [5.41, 5.74) is 0.537. The maximum absolute atomic E-state index is 13.1. The molecule has 0 bridgehead atoms. The molecule has 0 atom stereocenters. The molecule has 1 aromatic rings. The van der Waals surface area contributed by atoms with Gasteiger partial charge in [0.25, 0.3) is 0 Å². The molecule has 1 aliphatic heterocycles. The lowest BCUT2D eigenvalue weighted by Crippen LogP contribution is -2.39. The first-order chi connectivity index (χ1) is 9.54. The maximum atomic E-state index is 13.1. The first kappa shape index (κ1) is 15.0. The minimum Gasteiger partial charge on any atom is -0.326 e. The van der Waals surface area contributed by atoms with Crippen LogP contribution in [0.2, 0.25) is 0 Å².